The van der Waals surface area contributed by atoms with Crippen LogP contribution in [0.5, 0.6) is 0 Å². The molecule has 0 unspecified atom stereocenters. The van der Waals surface area contributed by atoms with Crippen molar-refractivity contribution in [1.82, 2.24) is 15.2 Å². The zero-order chi connectivity index (χ0) is 16.5. The number of carbonyl (C=O) groups excluding carboxylic acids is 1. The predicted octanol–water partition coefficient (Wildman–Crippen LogP) is 2.86. The minimum absolute atomic E-state index is 0.177. The molecule has 1 saturated heterocycles. The smallest absolute Gasteiger partial charge is 0.435 e. The van der Waals surface area contributed by atoms with Crippen LogP contribution in [-0.2, 0) is 10.9 Å². The minimum atomic E-state index is -4.54. The molecule has 9 heteroatoms. The molecule has 1 aromatic heterocycles. The number of anilines is 1. The van der Waals surface area contributed by atoms with Gasteiger partial charge in [0.05, 0.1) is 0 Å². The van der Waals surface area contributed by atoms with Gasteiger partial charge in [0.1, 0.15) is 5.60 Å². The second kappa shape index (κ2) is 5.62. The van der Waals surface area contributed by atoms with Gasteiger partial charge < -0.3 is 4.74 Å². The summed E-state index contributed by atoms with van der Waals surface area (Å²) in [5.41, 5.74) is -1.73. The fourth-order valence-corrected chi connectivity index (χ4v) is 1.97. The SMILES string of the molecule is CC(C)(C)OC(=O)N1CCCN1c1ccc(C(F)(F)F)nn1. The van der Waals surface area contributed by atoms with Gasteiger partial charge in [0.25, 0.3) is 0 Å². The fraction of sp³-hybridized carbons (Fsp3) is 0.615. The van der Waals surface area contributed by atoms with E-state index in [1.807, 2.05) is 0 Å². The van der Waals surface area contributed by atoms with E-state index in [1.165, 1.54) is 16.1 Å². The van der Waals surface area contributed by atoms with Gasteiger partial charge in [0.15, 0.2) is 11.5 Å². The first kappa shape index (κ1) is 16.3. The number of hydrogen-bond donors (Lipinski definition) is 0. The molecule has 0 atom stereocenters. The molecule has 0 N–H and O–H groups in total. The van der Waals surface area contributed by atoms with Crippen LogP contribution >= 0.6 is 0 Å². The van der Waals surface area contributed by atoms with Crippen molar-refractivity contribution >= 4 is 11.9 Å². The number of hydrazine groups is 1. The number of hydrogen-bond acceptors (Lipinski definition) is 5. The lowest BCUT2D eigenvalue weighted by Gasteiger charge is -2.30. The van der Waals surface area contributed by atoms with Crippen LogP contribution in [-0.4, -0.2) is 40.0 Å². The molecular weight excluding hydrogens is 301 g/mol. The first-order valence-electron chi connectivity index (χ1n) is 6.77. The third-order valence-corrected chi connectivity index (χ3v) is 2.84. The summed E-state index contributed by atoms with van der Waals surface area (Å²) in [6.45, 7) is 6.09. The lowest BCUT2D eigenvalue weighted by Crippen LogP contribution is -2.44. The van der Waals surface area contributed by atoms with Crippen molar-refractivity contribution in [1.29, 1.82) is 0 Å². The fourth-order valence-electron chi connectivity index (χ4n) is 1.97. The molecule has 1 amide bonds. The Labute approximate surface area is 125 Å². The van der Waals surface area contributed by atoms with E-state index in [0.29, 0.717) is 19.5 Å². The largest absolute Gasteiger partial charge is 0.442 e. The quantitative estimate of drug-likeness (QED) is 0.797. The van der Waals surface area contributed by atoms with Gasteiger partial charge in [-0.15, -0.1) is 10.2 Å². The van der Waals surface area contributed by atoms with E-state index in [9.17, 15) is 18.0 Å². The van der Waals surface area contributed by atoms with Crippen LogP contribution in [0.3, 0.4) is 0 Å². The molecule has 0 spiro atoms. The van der Waals surface area contributed by atoms with E-state index in [4.69, 9.17) is 4.74 Å². The molecule has 0 saturated carbocycles. The van der Waals surface area contributed by atoms with Gasteiger partial charge in [0.2, 0.25) is 0 Å². The first-order valence-corrected chi connectivity index (χ1v) is 6.77. The second-order valence-electron chi connectivity index (χ2n) is 5.85. The summed E-state index contributed by atoms with van der Waals surface area (Å²) in [5, 5.41) is 9.53. The summed E-state index contributed by atoms with van der Waals surface area (Å²) in [4.78, 5) is 12.1. The monoisotopic (exact) mass is 318 g/mol. The molecular formula is C13H17F3N4O2. The molecule has 122 valence electrons. The number of alkyl halides is 3. The van der Waals surface area contributed by atoms with Crippen LogP contribution in [0.2, 0.25) is 0 Å². The van der Waals surface area contributed by atoms with E-state index in [-0.39, 0.29) is 5.82 Å². The number of amides is 1. The number of carbonyl (C=O) groups is 1. The average molecular weight is 318 g/mol. The van der Waals surface area contributed by atoms with E-state index < -0.39 is 23.6 Å². The summed E-state index contributed by atoms with van der Waals surface area (Å²) < 4.78 is 42.7. The van der Waals surface area contributed by atoms with Crippen LogP contribution in [0, 0.1) is 0 Å². The van der Waals surface area contributed by atoms with Crippen LogP contribution in [0.25, 0.3) is 0 Å². The molecule has 0 aliphatic carbocycles. The number of nitrogens with zero attached hydrogens (tertiary/aromatic N) is 4. The maximum absolute atomic E-state index is 12.5. The van der Waals surface area contributed by atoms with E-state index in [1.54, 1.807) is 20.8 Å². The Morgan fingerprint density at radius 1 is 1.18 bits per heavy atom. The maximum atomic E-state index is 12.5. The Balaban J connectivity index is 2.15. The standard InChI is InChI=1S/C13H17F3N4O2/c1-12(2,3)22-11(21)20-8-4-7-19(20)10-6-5-9(17-18-10)13(14,15)16/h5-6H,4,7-8H2,1-3H3. The number of rotatable bonds is 1. The van der Waals surface area contributed by atoms with Crippen molar-refractivity contribution < 1.29 is 22.7 Å². The maximum Gasteiger partial charge on any atom is 0.435 e. The Bertz CT molecular complexity index is 540. The normalized spacial score (nSPS) is 16.1. The molecule has 1 aromatic rings. The van der Waals surface area contributed by atoms with Crippen LogP contribution < -0.4 is 5.01 Å². The molecule has 22 heavy (non-hydrogen) atoms. The summed E-state index contributed by atoms with van der Waals surface area (Å²) in [6, 6.07) is 2.03. The average Bonchev–Trinajstić information content (AvgIpc) is 2.85. The zero-order valence-electron chi connectivity index (χ0n) is 12.5. The molecule has 1 aliphatic heterocycles. The first-order chi connectivity index (χ1) is 10.1. The second-order valence-corrected chi connectivity index (χ2v) is 5.85. The molecule has 2 rings (SSSR count). The van der Waals surface area contributed by atoms with E-state index in [0.717, 1.165) is 6.07 Å². The third kappa shape index (κ3) is 3.77. The van der Waals surface area contributed by atoms with Crippen molar-refractivity contribution in [2.45, 2.75) is 39.0 Å². The topological polar surface area (TPSA) is 58.6 Å². The number of ether oxygens (including phenoxy) is 1. The summed E-state index contributed by atoms with van der Waals surface area (Å²) in [7, 11) is 0. The Morgan fingerprint density at radius 2 is 1.86 bits per heavy atom. The van der Waals surface area contributed by atoms with Crippen molar-refractivity contribution in [3.63, 3.8) is 0 Å². The van der Waals surface area contributed by atoms with Crippen molar-refractivity contribution in [3.05, 3.63) is 17.8 Å². The van der Waals surface area contributed by atoms with Crippen molar-refractivity contribution in [2.75, 3.05) is 18.1 Å². The van der Waals surface area contributed by atoms with E-state index >= 15 is 0 Å². The highest BCUT2D eigenvalue weighted by Crippen LogP contribution is 2.28. The molecule has 1 fully saturated rings. The molecule has 0 bridgehead atoms. The van der Waals surface area contributed by atoms with Gasteiger partial charge in [-0.1, -0.05) is 0 Å². The highest BCUT2D eigenvalue weighted by Gasteiger charge is 2.35. The van der Waals surface area contributed by atoms with Crippen LogP contribution in [0.15, 0.2) is 12.1 Å². The van der Waals surface area contributed by atoms with Gasteiger partial charge in [-0.05, 0) is 39.3 Å². The Kier molecular flexibility index (Phi) is 4.17. The van der Waals surface area contributed by atoms with Gasteiger partial charge >= 0.3 is 12.3 Å². The summed E-state index contributed by atoms with van der Waals surface area (Å²) >= 11 is 0. The highest BCUT2D eigenvalue weighted by molar-refractivity contribution is 5.71. The van der Waals surface area contributed by atoms with Gasteiger partial charge in [-0.25, -0.2) is 9.80 Å². The molecule has 1 aliphatic rings. The van der Waals surface area contributed by atoms with Crippen molar-refractivity contribution in [3.8, 4) is 0 Å². The molecule has 2 heterocycles. The van der Waals surface area contributed by atoms with Crippen LogP contribution in [0.1, 0.15) is 32.9 Å². The number of halogens is 3. The van der Waals surface area contributed by atoms with Gasteiger partial charge in [-0.3, -0.25) is 5.01 Å². The highest BCUT2D eigenvalue weighted by atomic mass is 19.4. The van der Waals surface area contributed by atoms with Gasteiger partial charge in [0, 0.05) is 13.1 Å². The molecule has 0 aromatic carbocycles. The Morgan fingerprint density at radius 3 is 2.36 bits per heavy atom. The summed E-state index contributed by atoms with van der Waals surface area (Å²) in [5.74, 6) is 0.177. The van der Waals surface area contributed by atoms with Gasteiger partial charge in [-0.2, -0.15) is 13.2 Å². The Hall–Kier alpha value is -2.06. The van der Waals surface area contributed by atoms with Crippen LogP contribution in [0.4, 0.5) is 23.8 Å². The zero-order valence-corrected chi connectivity index (χ0v) is 12.5. The predicted molar refractivity (Wildman–Crippen MR) is 71.9 cm³/mol. The minimum Gasteiger partial charge on any atom is -0.442 e. The van der Waals surface area contributed by atoms with Crippen molar-refractivity contribution in [2.24, 2.45) is 0 Å². The summed E-state index contributed by atoms with van der Waals surface area (Å²) in [6.07, 6.45) is -4.43. The molecule has 6 nitrogen and oxygen atoms in total. The lowest BCUT2D eigenvalue weighted by molar-refractivity contribution is -0.141. The third-order valence-electron chi connectivity index (χ3n) is 2.84. The van der Waals surface area contributed by atoms with E-state index in [2.05, 4.69) is 10.2 Å². The number of aromatic nitrogens is 2. The lowest BCUT2D eigenvalue weighted by atomic mass is 10.2. The molecule has 0 radical (unpaired) electrons.